The van der Waals surface area contributed by atoms with Crippen molar-refractivity contribution in [3.05, 3.63) is 48.0 Å². The molecule has 0 aliphatic carbocycles. The van der Waals surface area contributed by atoms with Crippen LogP contribution in [0.4, 0.5) is 13.2 Å². The monoisotopic (exact) mass is 429 g/mol. The number of sulfonamides is 1. The van der Waals surface area contributed by atoms with Gasteiger partial charge in [-0.25, -0.2) is 8.42 Å². The van der Waals surface area contributed by atoms with Gasteiger partial charge in [0, 0.05) is 5.56 Å². The van der Waals surface area contributed by atoms with Crippen LogP contribution in [-0.2, 0) is 21.7 Å². The highest BCUT2D eigenvalue weighted by Crippen LogP contribution is 2.32. The van der Waals surface area contributed by atoms with Crippen molar-refractivity contribution < 1.29 is 26.1 Å². The summed E-state index contributed by atoms with van der Waals surface area (Å²) in [6.45, 7) is 3.64. The number of hydrogen-bond donors (Lipinski definition) is 2. The van der Waals surface area contributed by atoms with Crippen molar-refractivity contribution in [2.75, 3.05) is 0 Å². The van der Waals surface area contributed by atoms with Gasteiger partial charge in [-0.3, -0.25) is 5.10 Å². The molecule has 8 nitrogen and oxygen atoms in total. The minimum atomic E-state index is -4.73. The van der Waals surface area contributed by atoms with E-state index in [9.17, 15) is 21.6 Å². The summed E-state index contributed by atoms with van der Waals surface area (Å²) < 4.78 is 70.0. The summed E-state index contributed by atoms with van der Waals surface area (Å²) in [5.74, 6) is -1.64. The van der Waals surface area contributed by atoms with Crippen LogP contribution in [0.25, 0.3) is 11.4 Å². The first-order valence-electron chi connectivity index (χ1n) is 8.60. The zero-order valence-corrected chi connectivity index (χ0v) is 16.3. The third-order valence-corrected chi connectivity index (χ3v) is 5.85. The van der Waals surface area contributed by atoms with Crippen molar-refractivity contribution in [1.29, 1.82) is 0 Å². The summed E-state index contributed by atoms with van der Waals surface area (Å²) in [4.78, 5) is 3.35. The maximum atomic E-state index is 12.6. The Bertz CT molecular complexity index is 1060. The fourth-order valence-corrected chi connectivity index (χ4v) is 4.28. The molecule has 3 aromatic rings. The SMILES string of the molecule is CCCC(C)(NS(=O)(=O)c1ccn[nH]1)c1ccc(-c2noc(C(F)(F)F)n2)cc1. The van der Waals surface area contributed by atoms with Gasteiger partial charge < -0.3 is 4.52 Å². The number of nitrogens with one attached hydrogen (secondary N) is 2. The standard InChI is InChI=1S/C17H18F3N5O3S/c1-3-9-16(2,25-29(26,27)13-8-10-21-23-13)12-6-4-11(5-7-12)14-22-15(28-24-14)17(18,19)20/h4-8,10,25H,3,9H2,1-2H3,(H,21,23). The molecule has 0 saturated carbocycles. The Kier molecular flexibility index (Phi) is 5.50. The number of halogens is 3. The maximum Gasteiger partial charge on any atom is 0.471 e. The first kappa shape index (κ1) is 21.0. The van der Waals surface area contributed by atoms with Crippen LogP contribution in [0, 0.1) is 0 Å². The van der Waals surface area contributed by atoms with Gasteiger partial charge in [-0.2, -0.15) is 28.0 Å². The Morgan fingerprint density at radius 1 is 1.17 bits per heavy atom. The molecule has 0 saturated heterocycles. The average Bonchev–Trinajstić information content (AvgIpc) is 3.33. The second kappa shape index (κ2) is 7.59. The summed E-state index contributed by atoms with van der Waals surface area (Å²) >= 11 is 0. The minimum Gasteiger partial charge on any atom is -0.329 e. The first-order chi connectivity index (χ1) is 13.5. The molecule has 12 heteroatoms. The molecule has 1 aromatic carbocycles. The molecule has 3 rings (SSSR count). The van der Waals surface area contributed by atoms with Crippen LogP contribution in [0.15, 0.2) is 46.1 Å². The largest absolute Gasteiger partial charge is 0.471 e. The van der Waals surface area contributed by atoms with Crippen molar-refractivity contribution in [2.24, 2.45) is 0 Å². The summed E-state index contributed by atoms with van der Waals surface area (Å²) in [7, 11) is -3.85. The fourth-order valence-electron chi connectivity index (χ4n) is 2.94. The van der Waals surface area contributed by atoms with E-state index in [1.165, 1.54) is 24.4 Å². The summed E-state index contributed by atoms with van der Waals surface area (Å²) in [5.41, 5.74) is -0.0139. The van der Waals surface area contributed by atoms with Crippen LogP contribution in [0.3, 0.4) is 0 Å². The van der Waals surface area contributed by atoms with Gasteiger partial charge in [0.15, 0.2) is 5.03 Å². The Balaban J connectivity index is 1.89. The first-order valence-corrected chi connectivity index (χ1v) is 10.1. The Morgan fingerprint density at radius 2 is 1.86 bits per heavy atom. The lowest BCUT2D eigenvalue weighted by molar-refractivity contribution is -0.159. The molecular formula is C17H18F3N5O3S. The van der Waals surface area contributed by atoms with E-state index in [1.807, 2.05) is 6.92 Å². The van der Waals surface area contributed by atoms with Gasteiger partial charge in [0.05, 0.1) is 11.7 Å². The second-order valence-corrected chi connectivity index (χ2v) is 8.26. The third-order valence-electron chi connectivity index (χ3n) is 4.32. The number of aromatic nitrogens is 4. The number of rotatable bonds is 7. The number of H-pyrrole nitrogens is 1. The van der Waals surface area contributed by atoms with Gasteiger partial charge in [0.2, 0.25) is 5.82 Å². The van der Waals surface area contributed by atoms with Gasteiger partial charge >= 0.3 is 12.1 Å². The van der Waals surface area contributed by atoms with Gasteiger partial charge in [0.25, 0.3) is 10.0 Å². The number of aromatic amines is 1. The molecule has 29 heavy (non-hydrogen) atoms. The second-order valence-electron chi connectivity index (χ2n) is 6.61. The van der Waals surface area contributed by atoms with Crippen LogP contribution in [0.5, 0.6) is 0 Å². The van der Waals surface area contributed by atoms with Gasteiger partial charge in [0.1, 0.15) is 0 Å². The van der Waals surface area contributed by atoms with E-state index in [2.05, 4.69) is 29.6 Å². The molecule has 1 atom stereocenters. The molecule has 0 spiro atoms. The molecule has 0 fully saturated rings. The fraction of sp³-hybridized carbons (Fsp3) is 0.353. The number of benzene rings is 1. The number of nitrogens with zero attached hydrogens (tertiary/aromatic N) is 3. The van der Waals surface area contributed by atoms with E-state index in [0.717, 1.165) is 0 Å². The van der Waals surface area contributed by atoms with Crippen LogP contribution in [0.2, 0.25) is 0 Å². The van der Waals surface area contributed by atoms with E-state index in [1.54, 1.807) is 19.1 Å². The molecule has 2 heterocycles. The highest BCUT2D eigenvalue weighted by atomic mass is 32.2. The van der Waals surface area contributed by atoms with E-state index in [0.29, 0.717) is 24.0 Å². The van der Waals surface area contributed by atoms with E-state index >= 15 is 0 Å². The Hall–Kier alpha value is -2.73. The normalized spacial score (nSPS) is 14.7. The maximum absolute atomic E-state index is 12.6. The Labute approximate surface area is 164 Å². The molecule has 0 aliphatic heterocycles. The molecule has 2 aromatic heterocycles. The zero-order valence-electron chi connectivity index (χ0n) is 15.5. The van der Waals surface area contributed by atoms with Crippen LogP contribution >= 0.6 is 0 Å². The van der Waals surface area contributed by atoms with Crippen molar-refractivity contribution in [1.82, 2.24) is 25.1 Å². The highest BCUT2D eigenvalue weighted by molar-refractivity contribution is 7.89. The summed E-state index contributed by atoms with van der Waals surface area (Å²) in [6.07, 6.45) is -2.22. The summed E-state index contributed by atoms with van der Waals surface area (Å²) in [6, 6.07) is 7.60. The van der Waals surface area contributed by atoms with Crippen LogP contribution in [0.1, 0.15) is 38.1 Å². The number of alkyl halides is 3. The molecule has 0 bridgehead atoms. The lowest BCUT2D eigenvalue weighted by Crippen LogP contribution is -2.43. The topological polar surface area (TPSA) is 114 Å². The van der Waals surface area contributed by atoms with Crippen molar-refractivity contribution in [3.63, 3.8) is 0 Å². The van der Waals surface area contributed by atoms with Crippen molar-refractivity contribution in [2.45, 2.75) is 43.4 Å². The van der Waals surface area contributed by atoms with E-state index in [-0.39, 0.29) is 10.9 Å². The molecular weight excluding hydrogens is 411 g/mol. The molecule has 156 valence electrons. The number of hydrogen-bond acceptors (Lipinski definition) is 6. The van der Waals surface area contributed by atoms with Gasteiger partial charge in [-0.1, -0.05) is 42.8 Å². The van der Waals surface area contributed by atoms with Gasteiger partial charge in [-0.15, -0.1) is 0 Å². The molecule has 2 N–H and O–H groups in total. The zero-order chi connectivity index (χ0) is 21.3. The van der Waals surface area contributed by atoms with Crippen LogP contribution < -0.4 is 4.72 Å². The molecule has 0 amide bonds. The minimum absolute atomic E-state index is 0.0667. The van der Waals surface area contributed by atoms with E-state index in [4.69, 9.17) is 0 Å². The lowest BCUT2D eigenvalue weighted by Gasteiger charge is -2.30. The molecule has 1 unspecified atom stereocenters. The van der Waals surface area contributed by atoms with Crippen molar-refractivity contribution >= 4 is 10.0 Å². The summed E-state index contributed by atoms with van der Waals surface area (Å²) in [5, 5.41) is 9.35. The van der Waals surface area contributed by atoms with Gasteiger partial charge in [-0.05, 0) is 25.0 Å². The molecule has 0 aliphatic rings. The third kappa shape index (κ3) is 4.48. The average molecular weight is 429 g/mol. The van der Waals surface area contributed by atoms with Crippen molar-refractivity contribution in [3.8, 4) is 11.4 Å². The quantitative estimate of drug-likeness (QED) is 0.595. The Morgan fingerprint density at radius 3 is 2.38 bits per heavy atom. The van der Waals surface area contributed by atoms with E-state index < -0.39 is 27.6 Å². The predicted octanol–water partition coefficient (Wildman–Crippen LogP) is 3.47. The molecule has 0 radical (unpaired) electrons. The predicted molar refractivity (Wildman–Crippen MR) is 95.9 cm³/mol. The lowest BCUT2D eigenvalue weighted by atomic mass is 9.88. The highest BCUT2D eigenvalue weighted by Gasteiger charge is 2.38. The smallest absolute Gasteiger partial charge is 0.329 e. The van der Waals surface area contributed by atoms with Crippen LogP contribution in [-0.4, -0.2) is 28.8 Å².